The summed E-state index contributed by atoms with van der Waals surface area (Å²) in [6.07, 6.45) is 1.38. The zero-order valence-corrected chi connectivity index (χ0v) is 8.46. The van der Waals surface area contributed by atoms with Gasteiger partial charge in [0.15, 0.2) is 0 Å². The molecule has 0 saturated carbocycles. The second-order valence-electron chi connectivity index (χ2n) is 1.18. The van der Waals surface area contributed by atoms with Gasteiger partial charge in [-0.05, 0) is 6.08 Å². The molecule has 10 heavy (non-hydrogen) atoms. The molecule has 0 unspecified atom stereocenters. The van der Waals surface area contributed by atoms with Crippen LogP contribution < -0.4 is 5.11 Å². The fourth-order valence-corrected chi connectivity index (χ4v) is 0.204. The van der Waals surface area contributed by atoms with E-state index < -0.39 is 11.9 Å². The molecule has 51 valence electrons. The van der Waals surface area contributed by atoms with Crippen LogP contribution in [0, 0.1) is 0 Å². The minimum absolute atomic E-state index is 0. The summed E-state index contributed by atoms with van der Waals surface area (Å²) in [4.78, 5) is 19.7. The third kappa shape index (κ3) is 7.30. The quantitative estimate of drug-likeness (QED) is 0.304. The van der Waals surface area contributed by atoms with E-state index in [0.29, 0.717) is 6.08 Å². The molecule has 0 rings (SSSR count). The predicted octanol–water partition coefficient (Wildman–Crippen LogP) is -1.54. The summed E-state index contributed by atoms with van der Waals surface area (Å²) in [5, 5.41) is 9.61. The number of hydrogen-bond donors (Lipinski definition) is 0. The molecule has 0 heterocycles. The van der Waals surface area contributed by atoms with Gasteiger partial charge in [0.2, 0.25) is 0 Å². The number of carboxylic acid groups (broad SMARTS) is 1. The second kappa shape index (κ2) is 6.42. The molecular weight excluding hydrogens is 189 g/mol. The van der Waals surface area contributed by atoms with Crippen molar-refractivity contribution in [2.75, 3.05) is 7.11 Å². The van der Waals surface area contributed by atoms with Crippen molar-refractivity contribution >= 4 is 11.9 Å². The van der Waals surface area contributed by atoms with Crippen LogP contribution in [0.4, 0.5) is 0 Å². The van der Waals surface area contributed by atoms with Gasteiger partial charge in [0.1, 0.15) is 0 Å². The molecule has 0 aromatic heterocycles. The topological polar surface area (TPSA) is 66.4 Å². The monoisotopic (exact) mass is 193 g/mol. The van der Waals surface area contributed by atoms with E-state index >= 15 is 0 Å². The zero-order chi connectivity index (χ0) is 7.28. The first-order valence-corrected chi connectivity index (χ1v) is 2.14. The summed E-state index contributed by atoms with van der Waals surface area (Å²) >= 11 is 0. The number of carbonyl (C=O) groups excluding carboxylic acids is 2. The number of methoxy groups -OCH3 is 1. The van der Waals surface area contributed by atoms with Crippen LogP contribution >= 0.6 is 0 Å². The molecule has 0 aliphatic rings. The summed E-state index contributed by atoms with van der Waals surface area (Å²) in [5.41, 5.74) is 0. The number of hydrogen-bond acceptors (Lipinski definition) is 4. The van der Waals surface area contributed by atoms with Gasteiger partial charge in [-0.15, -0.1) is 0 Å². The Balaban J connectivity index is 0. The van der Waals surface area contributed by atoms with Crippen LogP contribution in [-0.2, 0) is 33.8 Å². The Morgan fingerprint density at radius 2 is 1.90 bits per heavy atom. The zero-order valence-electron chi connectivity index (χ0n) is 5.49. The van der Waals surface area contributed by atoms with Crippen molar-refractivity contribution in [2.45, 2.75) is 0 Å². The minimum Gasteiger partial charge on any atom is -0.545 e. The van der Waals surface area contributed by atoms with Crippen LogP contribution in [0.5, 0.6) is 0 Å². The summed E-state index contributed by atoms with van der Waals surface area (Å²) in [6.45, 7) is 0. The van der Waals surface area contributed by atoms with Gasteiger partial charge in [-0.2, -0.15) is 0 Å². The maximum atomic E-state index is 10.1. The number of carboxylic acids is 1. The van der Waals surface area contributed by atoms with Gasteiger partial charge in [0, 0.05) is 6.08 Å². The van der Waals surface area contributed by atoms with E-state index in [1.807, 2.05) is 0 Å². The molecule has 0 atom stereocenters. The molecule has 0 aromatic rings. The van der Waals surface area contributed by atoms with E-state index in [0.717, 1.165) is 13.2 Å². The predicted molar refractivity (Wildman–Crippen MR) is 26.2 cm³/mol. The summed E-state index contributed by atoms with van der Waals surface area (Å²) < 4.78 is 4.08. The Kier molecular flexibility index (Phi) is 7.72. The molecule has 0 aliphatic carbocycles. The average molecular weight is 194 g/mol. The van der Waals surface area contributed by atoms with E-state index in [-0.39, 0.29) is 19.5 Å². The van der Waals surface area contributed by atoms with E-state index in [4.69, 9.17) is 0 Å². The van der Waals surface area contributed by atoms with E-state index in [1.165, 1.54) is 0 Å². The molecule has 4 nitrogen and oxygen atoms in total. The van der Waals surface area contributed by atoms with Crippen LogP contribution in [-0.4, -0.2) is 19.0 Å². The smallest absolute Gasteiger partial charge is 0.545 e. The van der Waals surface area contributed by atoms with Crippen molar-refractivity contribution < 1.29 is 38.9 Å². The molecule has 0 fully saturated rings. The Morgan fingerprint density at radius 1 is 1.40 bits per heavy atom. The van der Waals surface area contributed by atoms with Crippen molar-refractivity contribution in [3.63, 3.8) is 0 Å². The SMILES string of the molecule is COC(=O)/C=C\C(=O)[O-].[Zn+]. The fourth-order valence-electron chi connectivity index (χ4n) is 0.204. The van der Waals surface area contributed by atoms with Crippen molar-refractivity contribution in [2.24, 2.45) is 0 Å². The largest absolute Gasteiger partial charge is 1.00 e. The molecule has 0 N–H and O–H groups in total. The van der Waals surface area contributed by atoms with Gasteiger partial charge < -0.3 is 14.6 Å². The molecule has 1 radical (unpaired) electrons. The summed E-state index contributed by atoms with van der Waals surface area (Å²) in [7, 11) is 1.15. The Labute approximate surface area is 70.6 Å². The average Bonchev–Trinajstić information content (AvgIpc) is 1.83. The minimum atomic E-state index is -1.42. The van der Waals surface area contributed by atoms with Crippen molar-refractivity contribution in [3.05, 3.63) is 12.2 Å². The van der Waals surface area contributed by atoms with E-state index in [1.54, 1.807) is 0 Å². The maximum Gasteiger partial charge on any atom is 1.00 e. The van der Waals surface area contributed by atoms with Crippen molar-refractivity contribution in [1.29, 1.82) is 0 Å². The first-order chi connectivity index (χ1) is 4.16. The van der Waals surface area contributed by atoms with Gasteiger partial charge in [-0.1, -0.05) is 0 Å². The van der Waals surface area contributed by atoms with Crippen LogP contribution in [0.1, 0.15) is 0 Å². The van der Waals surface area contributed by atoms with Crippen LogP contribution in [0.25, 0.3) is 0 Å². The molecule has 0 spiro atoms. The van der Waals surface area contributed by atoms with Gasteiger partial charge in [-0.3, -0.25) is 0 Å². The molecule has 5 heteroatoms. The van der Waals surface area contributed by atoms with Gasteiger partial charge >= 0.3 is 25.4 Å². The summed E-state index contributed by atoms with van der Waals surface area (Å²) in [6, 6.07) is 0. The number of ether oxygens (including phenoxy) is 1. The fraction of sp³-hybridized carbons (Fsp3) is 0.200. The normalized spacial score (nSPS) is 8.50. The first kappa shape index (κ1) is 12.0. The molecule has 0 bridgehead atoms. The third-order valence-corrected chi connectivity index (χ3v) is 0.557. The van der Waals surface area contributed by atoms with Gasteiger partial charge in [-0.25, -0.2) is 4.79 Å². The number of rotatable bonds is 2. The Bertz CT molecular complexity index is 152. The first-order valence-electron chi connectivity index (χ1n) is 2.14. The van der Waals surface area contributed by atoms with Crippen molar-refractivity contribution in [3.8, 4) is 0 Å². The van der Waals surface area contributed by atoms with Crippen LogP contribution in [0.3, 0.4) is 0 Å². The molecular formula is C5H5O4Zn. The number of carbonyl (C=O) groups is 2. The third-order valence-electron chi connectivity index (χ3n) is 0.557. The van der Waals surface area contributed by atoms with E-state index in [2.05, 4.69) is 4.74 Å². The Morgan fingerprint density at radius 3 is 2.20 bits per heavy atom. The summed E-state index contributed by atoms with van der Waals surface area (Å²) in [5.74, 6) is -2.13. The number of esters is 1. The molecule has 0 aromatic carbocycles. The van der Waals surface area contributed by atoms with Gasteiger partial charge in [0.25, 0.3) is 0 Å². The molecule has 0 saturated heterocycles. The molecule has 0 aliphatic heterocycles. The van der Waals surface area contributed by atoms with Crippen LogP contribution in [0.15, 0.2) is 12.2 Å². The van der Waals surface area contributed by atoms with Crippen LogP contribution in [0.2, 0.25) is 0 Å². The standard InChI is InChI=1S/C5H6O4.Zn/c1-9-5(8)3-2-4(6)7;/h2-3H,1H3,(H,6,7);/q;+1/p-1/b3-2-;. The van der Waals surface area contributed by atoms with Crippen molar-refractivity contribution in [1.82, 2.24) is 0 Å². The Hall–Kier alpha value is -0.697. The maximum absolute atomic E-state index is 10.1. The van der Waals surface area contributed by atoms with E-state index in [9.17, 15) is 14.7 Å². The number of aliphatic carboxylic acids is 1. The second-order valence-corrected chi connectivity index (χ2v) is 1.18. The van der Waals surface area contributed by atoms with Gasteiger partial charge in [0.05, 0.1) is 13.1 Å². The molecule has 0 amide bonds.